The molecule has 154 valence electrons. The van der Waals surface area contributed by atoms with Crippen LogP contribution in [0.3, 0.4) is 0 Å². The zero-order valence-electron chi connectivity index (χ0n) is 15.5. The lowest BCUT2D eigenvalue weighted by molar-refractivity contribution is -0.114. The molecule has 0 radical (unpaired) electrons. The van der Waals surface area contributed by atoms with Gasteiger partial charge in [-0.15, -0.1) is 0 Å². The van der Waals surface area contributed by atoms with Crippen molar-refractivity contribution in [1.29, 1.82) is 5.41 Å². The maximum Gasteiger partial charge on any atom is 0.306 e. The van der Waals surface area contributed by atoms with E-state index in [2.05, 4.69) is 9.39 Å². The fraction of sp³-hybridized carbons (Fsp3) is 0.250. The Bertz CT molecular complexity index is 1200. The summed E-state index contributed by atoms with van der Waals surface area (Å²) in [5.74, 6) is -0.971. The molecule has 2 heterocycles. The third kappa shape index (κ3) is 4.26. The minimum Gasteiger partial charge on any atom is -0.383 e. The van der Waals surface area contributed by atoms with Gasteiger partial charge in [-0.3, -0.25) is 10.2 Å². The van der Waals surface area contributed by atoms with Gasteiger partial charge < -0.3 is 4.18 Å². The minimum atomic E-state index is -3.80. The molecule has 1 amide bonds. The number of amides is 1. The first-order chi connectivity index (χ1) is 13.4. The summed E-state index contributed by atoms with van der Waals surface area (Å²) in [4.78, 5) is 17.2. The zero-order chi connectivity index (χ0) is 21.6. The molecule has 0 unspecified atom stereocenters. The van der Waals surface area contributed by atoms with Gasteiger partial charge in [0.05, 0.1) is 29.0 Å². The van der Waals surface area contributed by atoms with Gasteiger partial charge in [0, 0.05) is 0 Å². The Kier molecular flexibility index (Phi) is 5.40. The molecule has 0 spiro atoms. The quantitative estimate of drug-likeness (QED) is 0.407. The summed E-state index contributed by atoms with van der Waals surface area (Å²) in [6, 6.07) is 5.76. The van der Waals surface area contributed by atoms with Gasteiger partial charge >= 0.3 is 10.1 Å². The van der Waals surface area contributed by atoms with E-state index in [1.165, 1.54) is 44.2 Å². The monoisotopic (exact) mass is 456 g/mol. The number of carbonyl (C=O) groups is 1. The van der Waals surface area contributed by atoms with Crippen molar-refractivity contribution in [2.45, 2.75) is 19.1 Å². The maximum atomic E-state index is 12.5. The van der Waals surface area contributed by atoms with Crippen molar-refractivity contribution >= 4 is 60.1 Å². The standard InChI is InChI=1S/C16H16N4O6S3/c1-9(2)29(24,25)16-19-27-15-18-14(21)12(13(17)20(15)16)8-10-4-6-11(7-5-10)26-28(3,22)23/h4-9,17H,1-3H3/b12-8-,17-13?. The molecular weight excluding hydrogens is 440 g/mol. The normalized spacial score (nSPS) is 18.8. The Morgan fingerprint density at radius 1 is 1.17 bits per heavy atom. The van der Waals surface area contributed by atoms with E-state index in [0.717, 1.165) is 23.1 Å². The van der Waals surface area contributed by atoms with Gasteiger partial charge in [-0.05, 0) is 37.6 Å². The van der Waals surface area contributed by atoms with E-state index < -0.39 is 31.1 Å². The smallest absolute Gasteiger partial charge is 0.306 e. The molecular formula is C16H16N4O6S3. The van der Waals surface area contributed by atoms with Crippen molar-refractivity contribution in [2.24, 2.45) is 9.39 Å². The van der Waals surface area contributed by atoms with Crippen molar-refractivity contribution in [3.63, 3.8) is 0 Å². The Morgan fingerprint density at radius 3 is 2.34 bits per heavy atom. The number of amidine groups is 3. The Morgan fingerprint density at radius 2 is 1.79 bits per heavy atom. The molecule has 13 heteroatoms. The van der Waals surface area contributed by atoms with Crippen LogP contribution in [-0.4, -0.2) is 55.3 Å². The van der Waals surface area contributed by atoms with Gasteiger partial charge in [-0.1, -0.05) is 12.1 Å². The van der Waals surface area contributed by atoms with Crippen LogP contribution < -0.4 is 4.18 Å². The van der Waals surface area contributed by atoms with Gasteiger partial charge in [-0.25, -0.2) is 13.3 Å². The number of rotatable bonds is 4. The molecule has 1 aromatic carbocycles. The molecule has 0 atom stereocenters. The topological polar surface area (TPSA) is 146 Å². The summed E-state index contributed by atoms with van der Waals surface area (Å²) in [5, 5.41) is 7.27. The van der Waals surface area contributed by atoms with Gasteiger partial charge in [0.25, 0.3) is 5.91 Å². The number of aliphatic imine (C=N–C) groups is 1. The SMILES string of the molecule is CC(C)S(=O)(=O)C1=NSC2=NC(=O)/C(=C\c3ccc(OS(C)(=O)=O)cc3)C(=N)N21. The van der Waals surface area contributed by atoms with Gasteiger partial charge in [0.2, 0.25) is 20.2 Å². The van der Waals surface area contributed by atoms with E-state index in [-0.39, 0.29) is 27.5 Å². The number of nitrogens with one attached hydrogen (secondary N) is 1. The second-order valence-electron chi connectivity index (χ2n) is 6.36. The van der Waals surface area contributed by atoms with E-state index in [1.54, 1.807) is 0 Å². The van der Waals surface area contributed by atoms with Crippen LogP contribution in [0.1, 0.15) is 19.4 Å². The lowest BCUT2D eigenvalue weighted by atomic mass is 10.1. The highest BCUT2D eigenvalue weighted by molar-refractivity contribution is 8.16. The first-order valence-electron chi connectivity index (χ1n) is 8.12. The maximum absolute atomic E-state index is 12.5. The third-order valence-corrected chi connectivity index (χ3v) is 7.14. The minimum absolute atomic E-state index is 0.00766. The summed E-state index contributed by atoms with van der Waals surface area (Å²) < 4.78 is 56.0. The predicted molar refractivity (Wildman–Crippen MR) is 111 cm³/mol. The lowest BCUT2D eigenvalue weighted by Gasteiger charge is -2.25. The van der Waals surface area contributed by atoms with Crippen LogP contribution in [0, 0.1) is 5.41 Å². The second-order valence-corrected chi connectivity index (χ2v) is 11.1. The van der Waals surface area contributed by atoms with Crippen LogP contribution in [0.2, 0.25) is 0 Å². The molecule has 1 N–H and O–H groups in total. The average Bonchev–Trinajstić information content (AvgIpc) is 3.03. The lowest BCUT2D eigenvalue weighted by Crippen LogP contribution is -2.46. The van der Waals surface area contributed by atoms with E-state index >= 15 is 0 Å². The van der Waals surface area contributed by atoms with Crippen molar-refractivity contribution < 1.29 is 25.8 Å². The summed E-state index contributed by atoms with van der Waals surface area (Å²) in [6.07, 6.45) is 2.27. The highest BCUT2D eigenvalue weighted by Gasteiger charge is 2.43. The molecule has 0 aromatic heterocycles. The highest BCUT2D eigenvalue weighted by Crippen LogP contribution is 2.31. The predicted octanol–water partition coefficient (Wildman–Crippen LogP) is 1.42. The van der Waals surface area contributed by atoms with Gasteiger partial charge in [0.15, 0.2) is 0 Å². The molecule has 29 heavy (non-hydrogen) atoms. The number of nitrogens with zero attached hydrogens (tertiary/aromatic N) is 3. The molecule has 3 rings (SSSR count). The molecule has 0 fully saturated rings. The number of fused-ring (bicyclic) bond motifs is 1. The summed E-state index contributed by atoms with van der Waals surface area (Å²) in [7, 11) is -7.47. The van der Waals surface area contributed by atoms with Crippen molar-refractivity contribution in [3.8, 4) is 5.75 Å². The van der Waals surface area contributed by atoms with Crippen LogP contribution in [0.15, 0.2) is 39.2 Å². The van der Waals surface area contributed by atoms with Crippen LogP contribution in [0.25, 0.3) is 6.08 Å². The van der Waals surface area contributed by atoms with Crippen molar-refractivity contribution in [2.75, 3.05) is 6.26 Å². The molecule has 0 saturated carbocycles. The molecule has 0 bridgehead atoms. The fourth-order valence-corrected chi connectivity index (χ4v) is 4.88. The second kappa shape index (κ2) is 7.39. The van der Waals surface area contributed by atoms with Crippen LogP contribution >= 0.6 is 11.9 Å². The molecule has 2 aliphatic rings. The Labute approximate surface area is 172 Å². The van der Waals surface area contributed by atoms with Gasteiger partial charge in [-0.2, -0.15) is 17.8 Å². The first-order valence-corrected chi connectivity index (χ1v) is 12.3. The molecule has 10 nitrogen and oxygen atoms in total. The Hall–Kier alpha value is -2.51. The number of carbonyl (C=O) groups excluding carboxylic acids is 1. The molecule has 2 aliphatic heterocycles. The van der Waals surface area contributed by atoms with E-state index in [0.29, 0.717) is 5.56 Å². The average molecular weight is 457 g/mol. The molecule has 0 aliphatic carbocycles. The summed E-state index contributed by atoms with van der Waals surface area (Å²) in [6.45, 7) is 2.99. The van der Waals surface area contributed by atoms with Gasteiger partial charge in [0.1, 0.15) is 11.6 Å². The number of hydrogen-bond donors (Lipinski definition) is 1. The third-order valence-electron chi connectivity index (χ3n) is 3.81. The highest BCUT2D eigenvalue weighted by atomic mass is 32.2. The Balaban J connectivity index is 1.95. The van der Waals surface area contributed by atoms with Crippen LogP contribution in [-0.2, 0) is 24.7 Å². The number of hydrogen-bond acceptors (Lipinski definition) is 9. The fourth-order valence-electron chi connectivity index (χ4n) is 2.36. The first kappa shape index (κ1) is 21.2. The van der Waals surface area contributed by atoms with Crippen molar-refractivity contribution in [1.82, 2.24) is 4.90 Å². The van der Waals surface area contributed by atoms with E-state index in [1.807, 2.05) is 0 Å². The number of sulfone groups is 1. The van der Waals surface area contributed by atoms with Crippen LogP contribution in [0.4, 0.5) is 0 Å². The molecule has 0 saturated heterocycles. The summed E-state index contributed by atoms with van der Waals surface area (Å²) >= 11 is 0.724. The van der Waals surface area contributed by atoms with E-state index in [9.17, 15) is 21.6 Å². The van der Waals surface area contributed by atoms with Crippen LogP contribution in [0.5, 0.6) is 5.75 Å². The van der Waals surface area contributed by atoms with Crippen molar-refractivity contribution in [3.05, 3.63) is 35.4 Å². The van der Waals surface area contributed by atoms with E-state index in [4.69, 9.17) is 9.59 Å². The number of benzene rings is 1. The molecule has 1 aromatic rings. The summed E-state index contributed by atoms with van der Waals surface area (Å²) in [5.41, 5.74) is 0.342. The largest absolute Gasteiger partial charge is 0.383 e. The zero-order valence-corrected chi connectivity index (χ0v) is 17.9.